The Labute approximate surface area is 79.0 Å². The van der Waals surface area contributed by atoms with Crippen LogP contribution in [-0.2, 0) is 0 Å². The van der Waals surface area contributed by atoms with Crippen molar-refractivity contribution in [2.75, 3.05) is 7.05 Å². The summed E-state index contributed by atoms with van der Waals surface area (Å²) in [6.45, 7) is 3.95. The maximum atomic E-state index is 4.20. The number of aliphatic imine (C=N–C) groups is 2. The molecule has 0 unspecified atom stereocenters. The number of benzene rings is 1. The first-order chi connectivity index (χ1) is 6.29. The topological polar surface area (TPSA) is 24.7 Å². The van der Waals surface area contributed by atoms with Gasteiger partial charge in [0, 0.05) is 18.8 Å². The monoisotopic (exact) mass is 174 g/mol. The third-order valence-corrected chi connectivity index (χ3v) is 1.85. The highest BCUT2D eigenvalue weighted by atomic mass is 14.9. The lowest BCUT2D eigenvalue weighted by atomic mass is 10.1. The number of rotatable bonds is 1. The lowest BCUT2D eigenvalue weighted by Crippen LogP contribution is -1.99. The molecule has 0 aromatic heterocycles. The van der Waals surface area contributed by atoms with E-state index in [1.54, 1.807) is 13.3 Å². The molecule has 0 fully saturated rings. The highest BCUT2D eigenvalue weighted by Crippen LogP contribution is 2.08. The Balaban J connectivity index is 3.13. The van der Waals surface area contributed by atoms with Crippen molar-refractivity contribution in [2.24, 2.45) is 9.98 Å². The Kier molecular flexibility index (Phi) is 3.38. The molecule has 13 heavy (non-hydrogen) atoms. The minimum absolute atomic E-state index is 0.792. The predicted molar refractivity (Wildman–Crippen MR) is 57.8 cm³/mol. The molecule has 0 heterocycles. The standard InChI is InChI=1S/C11H14N2/c1-4-13-11(12-3)10-8-6-5-7-9(10)2/h4-8H,1-3H3. The molecule has 0 saturated carbocycles. The van der Waals surface area contributed by atoms with Gasteiger partial charge in [0.05, 0.1) is 0 Å². The van der Waals surface area contributed by atoms with E-state index in [0.717, 1.165) is 11.4 Å². The van der Waals surface area contributed by atoms with Crippen LogP contribution in [0.2, 0.25) is 0 Å². The minimum Gasteiger partial charge on any atom is -0.270 e. The third-order valence-electron chi connectivity index (χ3n) is 1.85. The van der Waals surface area contributed by atoms with Crippen LogP contribution in [0.1, 0.15) is 18.1 Å². The van der Waals surface area contributed by atoms with Crippen LogP contribution in [0, 0.1) is 6.92 Å². The first-order valence-electron chi connectivity index (χ1n) is 4.31. The highest BCUT2D eigenvalue weighted by molar-refractivity contribution is 6.03. The average molecular weight is 174 g/mol. The first-order valence-corrected chi connectivity index (χ1v) is 4.31. The summed E-state index contributed by atoms with van der Waals surface area (Å²) in [6, 6.07) is 8.11. The number of hydrogen-bond acceptors (Lipinski definition) is 1. The van der Waals surface area contributed by atoms with E-state index in [1.807, 2.05) is 25.1 Å². The maximum absolute atomic E-state index is 4.20. The summed E-state index contributed by atoms with van der Waals surface area (Å²) < 4.78 is 0. The van der Waals surface area contributed by atoms with Crippen molar-refractivity contribution in [3.05, 3.63) is 35.4 Å². The van der Waals surface area contributed by atoms with Gasteiger partial charge in [0.25, 0.3) is 0 Å². The molecule has 0 radical (unpaired) electrons. The van der Waals surface area contributed by atoms with Gasteiger partial charge in [0.15, 0.2) is 5.84 Å². The normalized spacial score (nSPS) is 12.4. The molecule has 68 valence electrons. The molecule has 0 aliphatic rings. The second-order valence-corrected chi connectivity index (χ2v) is 2.75. The fourth-order valence-electron chi connectivity index (χ4n) is 1.19. The van der Waals surface area contributed by atoms with Gasteiger partial charge in [0.1, 0.15) is 0 Å². The molecule has 1 aromatic carbocycles. The van der Waals surface area contributed by atoms with Gasteiger partial charge in [-0.1, -0.05) is 24.3 Å². The third kappa shape index (κ3) is 2.25. The molecule has 0 N–H and O–H groups in total. The Bertz CT molecular complexity index is 338. The molecular weight excluding hydrogens is 160 g/mol. The summed E-state index contributed by atoms with van der Waals surface area (Å²) in [7, 11) is 1.76. The lowest BCUT2D eigenvalue weighted by Gasteiger charge is -2.03. The van der Waals surface area contributed by atoms with Crippen LogP contribution in [0.5, 0.6) is 0 Å². The Morgan fingerprint density at radius 2 is 2.00 bits per heavy atom. The molecular formula is C11H14N2. The predicted octanol–water partition coefficient (Wildman–Crippen LogP) is 2.46. The van der Waals surface area contributed by atoms with E-state index in [-0.39, 0.29) is 0 Å². The van der Waals surface area contributed by atoms with Crippen LogP contribution in [0.25, 0.3) is 0 Å². The molecule has 0 atom stereocenters. The molecule has 0 saturated heterocycles. The van der Waals surface area contributed by atoms with Gasteiger partial charge in [0.2, 0.25) is 0 Å². The highest BCUT2D eigenvalue weighted by Gasteiger charge is 2.01. The van der Waals surface area contributed by atoms with Gasteiger partial charge < -0.3 is 0 Å². The van der Waals surface area contributed by atoms with E-state index in [2.05, 4.69) is 23.0 Å². The van der Waals surface area contributed by atoms with E-state index in [4.69, 9.17) is 0 Å². The van der Waals surface area contributed by atoms with Crippen molar-refractivity contribution in [2.45, 2.75) is 13.8 Å². The molecule has 1 rings (SSSR count). The van der Waals surface area contributed by atoms with Crippen LogP contribution >= 0.6 is 0 Å². The van der Waals surface area contributed by atoms with Crippen molar-refractivity contribution >= 4 is 12.1 Å². The van der Waals surface area contributed by atoms with Crippen LogP contribution in [-0.4, -0.2) is 19.1 Å². The van der Waals surface area contributed by atoms with E-state index >= 15 is 0 Å². The smallest absolute Gasteiger partial charge is 0.154 e. The van der Waals surface area contributed by atoms with Crippen molar-refractivity contribution in [3.63, 3.8) is 0 Å². The minimum atomic E-state index is 0.792. The van der Waals surface area contributed by atoms with E-state index in [9.17, 15) is 0 Å². The van der Waals surface area contributed by atoms with Crippen molar-refractivity contribution in [1.29, 1.82) is 0 Å². The Hall–Kier alpha value is -1.44. The SMILES string of the molecule is CC=NC(=NC)c1ccccc1C. The first kappa shape index (κ1) is 9.65. The van der Waals surface area contributed by atoms with Crippen LogP contribution < -0.4 is 0 Å². The molecule has 0 aliphatic carbocycles. The van der Waals surface area contributed by atoms with Gasteiger partial charge >= 0.3 is 0 Å². The largest absolute Gasteiger partial charge is 0.270 e. The van der Waals surface area contributed by atoms with Crippen LogP contribution in [0.4, 0.5) is 0 Å². The van der Waals surface area contributed by atoms with Crippen molar-refractivity contribution < 1.29 is 0 Å². The van der Waals surface area contributed by atoms with Gasteiger partial charge in [-0.3, -0.25) is 4.99 Å². The molecule has 0 bridgehead atoms. The molecule has 0 spiro atoms. The fraction of sp³-hybridized carbons (Fsp3) is 0.273. The average Bonchev–Trinajstić information content (AvgIpc) is 2.16. The fourth-order valence-corrected chi connectivity index (χ4v) is 1.19. The number of amidine groups is 1. The van der Waals surface area contributed by atoms with Gasteiger partial charge in [-0.25, -0.2) is 4.99 Å². The molecule has 0 amide bonds. The zero-order valence-corrected chi connectivity index (χ0v) is 8.28. The summed E-state index contributed by atoms with van der Waals surface area (Å²) in [5.41, 5.74) is 2.30. The maximum Gasteiger partial charge on any atom is 0.154 e. The quantitative estimate of drug-likeness (QED) is 0.461. The summed E-state index contributed by atoms with van der Waals surface area (Å²) in [6.07, 6.45) is 1.76. The van der Waals surface area contributed by atoms with Gasteiger partial charge in [-0.2, -0.15) is 0 Å². The molecule has 2 nitrogen and oxygen atoms in total. The van der Waals surface area contributed by atoms with Crippen molar-refractivity contribution in [1.82, 2.24) is 0 Å². The lowest BCUT2D eigenvalue weighted by molar-refractivity contribution is 1.35. The Morgan fingerprint density at radius 1 is 1.31 bits per heavy atom. The second-order valence-electron chi connectivity index (χ2n) is 2.75. The second kappa shape index (κ2) is 4.55. The number of nitrogens with zero attached hydrogens (tertiary/aromatic N) is 2. The van der Waals surface area contributed by atoms with Crippen molar-refractivity contribution in [3.8, 4) is 0 Å². The summed E-state index contributed by atoms with van der Waals surface area (Å²) in [5.74, 6) is 0.792. The van der Waals surface area contributed by atoms with Gasteiger partial charge in [-0.05, 0) is 19.4 Å². The zero-order chi connectivity index (χ0) is 9.68. The number of aryl methyl sites for hydroxylation is 1. The summed E-state index contributed by atoms with van der Waals surface area (Å²) in [5, 5.41) is 0. The van der Waals surface area contributed by atoms with Crippen LogP contribution in [0.15, 0.2) is 34.3 Å². The molecule has 2 heteroatoms. The summed E-state index contributed by atoms with van der Waals surface area (Å²) >= 11 is 0. The van der Waals surface area contributed by atoms with E-state index in [0.29, 0.717) is 0 Å². The molecule has 1 aromatic rings. The van der Waals surface area contributed by atoms with E-state index in [1.165, 1.54) is 5.56 Å². The zero-order valence-electron chi connectivity index (χ0n) is 8.28. The molecule has 0 aliphatic heterocycles. The van der Waals surface area contributed by atoms with E-state index < -0.39 is 0 Å². The number of hydrogen-bond donors (Lipinski definition) is 0. The van der Waals surface area contributed by atoms with Gasteiger partial charge in [-0.15, -0.1) is 0 Å². The Morgan fingerprint density at radius 3 is 2.54 bits per heavy atom. The van der Waals surface area contributed by atoms with Crippen LogP contribution in [0.3, 0.4) is 0 Å². The summed E-state index contributed by atoms with van der Waals surface area (Å²) in [4.78, 5) is 8.33.